The molecule has 0 fully saturated rings. The van der Waals surface area contributed by atoms with Gasteiger partial charge in [0.15, 0.2) is 0 Å². The molecule has 0 heterocycles. The largest absolute Gasteiger partial charge is 0.496 e. The summed E-state index contributed by atoms with van der Waals surface area (Å²) >= 11 is 0. The molecule has 1 aromatic carbocycles. The molecule has 0 aliphatic heterocycles. The summed E-state index contributed by atoms with van der Waals surface area (Å²) < 4.78 is 5.27. The van der Waals surface area contributed by atoms with Crippen LogP contribution in [0.3, 0.4) is 0 Å². The maximum Gasteiger partial charge on any atom is 0.126 e. The predicted molar refractivity (Wildman–Crippen MR) is 58.5 cm³/mol. The smallest absolute Gasteiger partial charge is 0.126 e. The van der Waals surface area contributed by atoms with E-state index in [4.69, 9.17) is 9.84 Å². The Morgan fingerprint density at radius 2 is 2.21 bits per heavy atom. The van der Waals surface area contributed by atoms with Crippen LogP contribution in [-0.4, -0.2) is 18.8 Å². The molecule has 0 saturated heterocycles. The Kier molecular flexibility index (Phi) is 3.72. The van der Waals surface area contributed by atoms with Gasteiger partial charge in [-0.3, -0.25) is 0 Å². The zero-order valence-electron chi connectivity index (χ0n) is 8.87. The first kappa shape index (κ1) is 10.8. The van der Waals surface area contributed by atoms with Crippen molar-refractivity contribution in [2.45, 2.75) is 13.8 Å². The van der Waals surface area contributed by atoms with Crippen LogP contribution in [0, 0.1) is 6.92 Å². The Hall–Kier alpha value is -1.28. The third-order valence-corrected chi connectivity index (χ3v) is 2.18. The van der Waals surface area contributed by atoms with Gasteiger partial charge in [-0.15, -0.1) is 0 Å². The molecule has 1 N–H and O–H groups in total. The lowest BCUT2D eigenvalue weighted by Crippen LogP contribution is -1.91. The van der Waals surface area contributed by atoms with Crippen LogP contribution in [0.2, 0.25) is 0 Å². The predicted octanol–water partition coefficient (Wildman–Crippen LogP) is 2.40. The number of aliphatic hydroxyl groups is 1. The summed E-state index contributed by atoms with van der Waals surface area (Å²) in [5.41, 5.74) is 3.24. The van der Waals surface area contributed by atoms with Gasteiger partial charge in [0.1, 0.15) is 5.75 Å². The summed E-state index contributed by atoms with van der Waals surface area (Å²) in [4.78, 5) is 0. The highest BCUT2D eigenvalue weighted by Crippen LogP contribution is 2.26. The molecular weight excluding hydrogens is 176 g/mol. The van der Waals surface area contributed by atoms with Gasteiger partial charge in [0.25, 0.3) is 0 Å². The Morgan fingerprint density at radius 3 is 2.79 bits per heavy atom. The van der Waals surface area contributed by atoms with Crippen LogP contribution < -0.4 is 4.74 Å². The fourth-order valence-corrected chi connectivity index (χ4v) is 1.37. The monoisotopic (exact) mass is 192 g/mol. The van der Waals surface area contributed by atoms with Crippen LogP contribution in [0.1, 0.15) is 18.1 Å². The molecular formula is C12H16O2. The van der Waals surface area contributed by atoms with Crippen LogP contribution in [0.25, 0.3) is 5.57 Å². The molecule has 0 saturated carbocycles. The molecule has 0 aliphatic carbocycles. The van der Waals surface area contributed by atoms with E-state index in [1.807, 2.05) is 32.0 Å². The second-order valence-electron chi connectivity index (χ2n) is 3.27. The van der Waals surface area contributed by atoms with Gasteiger partial charge in [-0.2, -0.15) is 0 Å². The van der Waals surface area contributed by atoms with Gasteiger partial charge in [-0.05, 0) is 31.1 Å². The van der Waals surface area contributed by atoms with Crippen molar-refractivity contribution in [1.82, 2.24) is 0 Å². The second-order valence-corrected chi connectivity index (χ2v) is 3.27. The lowest BCUT2D eigenvalue weighted by Gasteiger charge is -2.09. The Morgan fingerprint density at radius 1 is 1.50 bits per heavy atom. The van der Waals surface area contributed by atoms with Crippen molar-refractivity contribution in [1.29, 1.82) is 0 Å². The van der Waals surface area contributed by atoms with E-state index in [-0.39, 0.29) is 6.61 Å². The third kappa shape index (κ3) is 2.36. The molecule has 2 nitrogen and oxygen atoms in total. The zero-order chi connectivity index (χ0) is 10.6. The molecule has 0 spiro atoms. The van der Waals surface area contributed by atoms with Gasteiger partial charge in [0.05, 0.1) is 13.7 Å². The number of ether oxygens (including phenoxy) is 1. The zero-order valence-corrected chi connectivity index (χ0v) is 8.87. The summed E-state index contributed by atoms with van der Waals surface area (Å²) in [6.07, 6.45) is 1.77. The lowest BCUT2D eigenvalue weighted by atomic mass is 10.0. The van der Waals surface area contributed by atoms with Crippen molar-refractivity contribution < 1.29 is 9.84 Å². The van der Waals surface area contributed by atoms with Crippen molar-refractivity contribution >= 4 is 5.57 Å². The molecule has 14 heavy (non-hydrogen) atoms. The van der Waals surface area contributed by atoms with E-state index in [1.54, 1.807) is 13.2 Å². The standard InChI is InChI=1S/C12H16O2/c1-9-4-5-11(10(2)6-7-13)12(8-9)14-3/h4-6,8,13H,7H2,1-3H3/b10-6+. The van der Waals surface area contributed by atoms with Crippen molar-refractivity contribution in [2.24, 2.45) is 0 Å². The number of benzene rings is 1. The fourth-order valence-electron chi connectivity index (χ4n) is 1.37. The van der Waals surface area contributed by atoms with Crippen LogP contribution in [0.4, 0.5) is 0 Å². The minimum atomic E-state index is 0.0584. The third-order valence-electron chi connectivity index (χ3n) is 2.18. The number of aliphatic hydroxyl groups excluding tert-OH is 1. The van der Waals surface area contributed by atoms with Gasteiger partial charge in [-0.25, -0.2) is 0 Å². The summed E-state index contributed by atoms with van der Waals surface area (Å²) in [6.45, 7) is 4.05. The van der Waals surface area contributed by atoms with E-state index in [2.05, 4.69) is 0 Å². The quantitative estimate of drug-likeness (QED) is 0.796. The molecule has 0 aliphatic rings. The number of rotatable bonds is 3. The first-order valence-corrected chi connectivity index (χ1v) is 4.61. The van der Waals surface area contributed by atoms with E-state index in [0.29, 0.717) is 0 Å². The van der Waals surface area contributed by atoms with E-state index in [0.717, 1.165) is 16.9 Å². The average Bonchev–Trinajstić information content (AvgIpc) is 2.17. The Balaban J connectivity index is 3.14. The first-order chi connectivity index (χ1) is 6.69. The summed E-state index contributed by atoms with van der Waals surface area (Å²) in [6, 6.07) is 6.03. The molecule has 0 amide bonds. The van der Waals surface area contributed by atoms with Gasteiger partial charge < -0.3 is 9.84 Å². The minimum Gasteiger partial charge on any atom is -0.496 e. The molecule has 0 bridgehead atoms. The Labute approximate surface area is 84.8 Å². The van der Waals surface area contributed by atoms with E-state index in [9.17, 15) is 0 Å². The highest BCUT2D eigenvalue weighted by Gasteiger charge is 2.03. The lowest BCUT2D eigenvalue weighted by molar-refractivity contribution is 0.343. The van der Waals surface area contributed by atoms with Gasteiger partial charge >= 0.3 is 0 Å². The van der Waals surface area contributed by atoms with Gasteiger partial charge in [0, 0.05) is 5.56 Å². The molecule has 1 aromatic rings. The number of hydrogen-bond donors (Lipinski definition) is 1. The normalized spacial score (nSPS) is 11.6. The summed E-state index contributed by atoms with van der Waals surface area (Å²) in [5.74, 6) is 0.854. The van der Waals surface area contributed by atoms with Crippen molar-refractivity contribution in [3.05, 3.63) is 35.4 Å². The summed E-state index contributed by atoms with van der Waals surface area (Å²) in [7, 11) is 1.66. The minimum absolute atomic E-state index is 0.0584. The van der Waals surface area contributed by atoms with E-state index < -0.39 is 0 Å². The number of hydrogen-bond acceptors (Lipinski definition) is 2. The highest BCUT2D eigenvalue weighted by atomic mass is 16.5. The number of aryl methyl sites for hydroxylation is 1. The van der Waals surface area contributed by atoms with E-state index >= 15 is 0 Å². The molecule has 0 radical (unpaired) electrons. The van der Waals surface area contributed by atoms with E-state index in [1.165, 1.54) is 5.56 Å². The molecule has 0 unspecified atom stereocenters. The topological polar surface area (TPSA) is 29.5 Å². The second kappa shape index (κ2) is 4.82. The van der Waals surface area contributed by atoms with Crippen molar-refractivity contribution in [3.63, 3.8) is 0 Å². The molecule has 0 atom stereocenters. The van der Waals surface area contributed by atoms with Crippen LogP contribution in [-0.2, 0) is 0 Å². The van der Waals surface area contributed by atoms with Crippen LogP contribution in [0.15, 0.2) is 24.3 Å². The highest BCUT2D eigenvalue weighted by molar-refractivity contribution is 5.69. The fraction of sp³-hybridized carbons (Fsp3) is 0.333. The SMILES string of the molecule is COc1cc(C)ccc1/C(C)=C/CO. The van der Waals surface area contributed by atoms with Crippen LogP contribution >= 0.6 is 0 Å². The van der Waals surface area contributed by atoms with Gasteiger partial charge in [0.2, 0.25) is 0 Å². The molecule has 2 heteroatoms. The maximum atomic E-state index is 8.80. The van der Waals surface area contributed by atoms with Crippen molar-refractivity contribution in [3.8, 4) is 5.75 Å². The number of allylic oxidation sites excluding steroid dienone is 1. The van der Waals surface area contributed by atoms with Gasteiger partial charge in [-0.1, -0.05) is 18.2 Å². The molecule has 1 rings (SSSR count). The molecule has 0 aromatic heterocycles. The van der Waals surface area contributed by atoms with Crippen LogP contribution in [0.5, 0.6) is 5.75 Å². The summed E-state index contributed by atoms with van der Waals surface area (Å²) in [5, 5.41) is 8.80. The first-order valence-electron chi connectivity index (χ1n) is 4.61. The van der Waals surface area contributed by atoms with Crippen molar-refractivity contribution in [2.75, 3.05) is 13.7 Å². The average molecular weight is 192 g/mol. The Bertz CT molecular complexity index is 340. The maximum absolute atomic E-state index is 8.80. The molecule has 76 valence electrons. The number of methoxy groups -OCH3 is 1.